The first-order valence-electron chi connectivity index (χ1n) is 9.75. The van der Waals surface area contributed by atoms with Gasteiger partial charge < -0.3 is 15.0 Å². The van der Waals surface area contributed by atoms with Crippen LogP contribution in [-0.4, -0.2) is 51.9 Å². The van der Waals surface area contributed by atoms with Gasteiger partial charge in [-0.15, -0.1) is 10.2 Å². The fourth-order valence-corrected chi connectivity index (χ4v) is 5.21. The van der Waals surface area contributed by atoms with Crippen LogP contribution < -0.4 is 5.32 Å². The molecule has 7 nitrogen and oxygen atoms in total. The Morgan fingerprint density at radius 2 is 2.10 bits per heavy atom. The largest absolute Gasteiger partial charge is 0.466 e. The number of piperidine rings is 1. The van der Waals surface area contributed by atoms with Gasteiger partial charge >= 0.3 is 5.97 Å². The van der Waals surface area contributed by atoms with Crippen LogP contribution in [0.25, 0.3) is 0 Å². The molecule has 1 N–H and O–H groups in total. The highest BCUT2D eigenvalue weighted by molar-refractivity contribution is 8.02. The summed E-state index contributed by atoms with van der Waals surface area (Å²) < 4.78 is 5.84. The number of aromatic nitrogens is 2. The van der Waals surface area contributed by atoms with Gasteiger partial charge in [0, 0.05) is 18.8 Å². The summed E-state index contributed by atoms with van der Waals surface area (Å²) in [6, 6.07) is 8.04. The average Bonchev–Trinajstić information content (AvgIpc) is 3.14. The van der Waals surface area contributed by atoms with Gasteiger partial charge in [0.1, 0.15) is 0 Å². The SMILES string of the molecule is CCOC(=O)C1CCN(C(=O)C(C)Sc2nnc(Nc3cccc(C)c3)s2)CC1. The number of anilines is 2. The maximum Gasteiger partial charge on any atom is 0.309 e. The number of benzene rings is 1. The van der Waals surface area contributed by atoms with E-state index in [-0.39, 0.29) is 23.0 Å². The number of nitrogens with one attached hydrogen (secondary N) is 1. The van der Waals surface area contributed by atoms with Gasteiger partial charge in [-0.05, 0) is 51.3 Å². The molecule has 0 bridgehead atoms. The van der Waals surface area contributed by atoms with E-state index in [0.29, 0.717) is 37.7 Å². The molecule has 1 fully saturated rings. The Balaban J connectivity index is 1.50. The van der Waals surface area contributed by atoms with Gasteiger partial charge in [0.15, 0.2) is 4.34 Å². The van der Waals surface area contributed by atoms with Gasteiger partial charge in [0.25, 0.3) is 0 Å². The second-order valence-electron chi connectivity index (χ2n) is 6.98. The number of carbonyl (C=O) groups excluding carboxylic acids is 2. The lowest BCUT2D eigenvalue weighted by molar-refractivity contribution is -0.151. The van der Waals surface area contributed by atoms with Crippen LogP contribution in [0.3, 0.4) is 0 Å². The minimum atomic E-state index is -0.256. The fourth-order valence-electron chi connectivity index (χ4n) is 3.21. The van der Waals surface area contributed by atoms with Gasteiger partial charge in [-0.1, -0.05) is 35.2 Å². The summed E-state index contributed by atoms with van der Waals surface area (Å²) in [6.07, 6.45) is 1.32. The van der Waals surface area contributed by atoms with Crippen LogP contribution in [0.4, 0.5) is 10.8 Å². The quantitative estimate of drug-likeness (QED) is 0.523. The standard InChI is InChI=1S/C20H26N4O3S2/c1-4-27-18(26)15-8-10-24(11-9-15)17(25)14(3)28-20-23-22-19(29-20)21-16-7-5-6-13(2)12-16/h5-7,12,14-15H,4,8-11H2,1-3H3,(H,21,22). The first kappa shape index (κ1) is 21.6. The number of amides is 1. The molecule has 0 saturated carbocycles. The molecule has 1 amide bonds. The van der Waals surface area contributed by atoms with Crippen molar-refractivity contribution in [1.82, 2.24) is 15.1 Å². The molecule has 1 atom stereocenters. The Morgan fingerprint density at radius 3 is 2.79 bits per heavy atom. The number of esters is 1. The third-order valence-electron chi connectivity index (χ3n) is 4.73. The van der Waals surface area contributed by atoms with Crippen molar-refractivity contribution in [2.75, 3.05) is 25.0 Å². The smallest absolute Gasteiger partial charge is 0.309 e. The molecule has 1 unspecified atom stereocenters. The number of hydrogen-bond acceptors (Lipinski definition) is 8. The minimum Gasteiger partial charge on any atom is -0.466 e. The predicted molar refractivity (Wildman–Crippen MR) is 116 cm³/mol. The molecule has 0 radical (unpaired) electrons. The van der Waals surface area contributed by atoms with Crippen molar-refractivity contribution in [3.8, 4) is 0 Å². The molecule has 1 saturated heterocycles. The van der Waals surface area contributed by atoms with Gasteiger partial charge in [-0.25, -0.2) is 0 Å². The Bertz CT molecular complexity index is 850. The number of carbonyl (C=O) groups is 2. The Kier molecular flexibility index (Phi) is 7.49. The Morgan fingerprint density at radius 1 is 1.34 bits per heavy atom. The van der Waals surface area contributed by atoms with Crippen LogP contribution >= 0.6 is 23.1 Å². The molecule has 156 valence electrons. The summed E-state index contributed by atoms with van der Waals surface area (Å²) in [5, 5.41) is 12.1. The molecule has 1 aromatic heterocycles. The zero-order valence-electron chi connectivity index (χ0n) is 16.9. The van der Waals surface area contributed by atoms with Crippen molar-refractivity contribution in [3.63, 3.8) is 0 Å². The first-order chi connectivity index (χ1) is 14.0. The Labute approximate surface area is 179 Å². The predicted octanol–water partition coefficient (Wildman–Crippen LogP) is 3.87. The van der Waals surface area contributed by atoms with E-state index in [9.17, 15) is 9.59 Å². The van der Waals surface area contributed by atoms with Gasteiger partial charge in [-0.2, -0.15) is 0 Å². The molecular weight excluding hydrogens is 408 g/mol. The molecule has 1 aliphatic heterocycles. The summed E-state index contributed by atoms with van der Waals surface area (Å²) in [4.78, 5) is 26.5. The van der Waals surface area contributed by atoms with Crippen LogP contribution in [0.5, 0.6) is 0 Å². The Hall–Kier alpha value is -2.13. The van der Waals surface area contributed by atoms with Crippen LogP contribution in [0.15, 0.2) is 28.6 Å². The third-order valence-corrected chi connectivity index (χ3v) is 6.74. The van der Waals surface area contributed by atoms with Crippen molar-refractivity contribution in [2.24, 2.45) is 5.92 Å². The normalized spacial score (nSPS) is 15.8. The molecule has 29 heavy (non-hydrogen) atoms. The zero-order chi connectivity index (χ0) is 20.8. The summed E-state index contributed by atoms with van der Waals surface area (Å²) in [5.41, 5.74) is 2.13. The number of nitrogens with zero attached hydrogens (tertiary/aromatic N) is 3. The number of thioether (sulfide) groups is 1. The van der Waals surface area contributed by atoms with E-state index in [1.165, 1.54) is 28.7 Å². The lowest BCUT2D eigenvalue weighted by atomic mass is 9.97. The lowest BCUT2D eigenvalue weighted by Crippen LogP contribution is -2.43. The van der Waals surface area contributed by atoms with E-state index in [1.807, 2.05) is 49.9 Å². The molecule has 2 heterocycles. The van der Waals surface area contributed by atoms with Crippen molar-refractivity contribution in [3.05, 3.63) is 29.8 Å². The van der Waals surface area contributed by atoms with E-state index < -0.39 is 0 Å². The third kappa shape index (κ3) is 5.93. The monoisotopic (exact) mass is 434 g/mol. The number of rotatable bonds is 7. The number of likely N-dealkylation sites (tertiary alicyclic amines) is 1. The molecule has 1 aliphatic rings. The maximum atomic E-state index is 12.8. The summed E-state index contributed by atoms with van der Waals surface area (Å²) in [7, 11) is 0. The van der Waals surface area contributed by atoms with Crippen LogP contribution in [0, 0.1) is 12.8 Å². The van der Waals surface area contributed by atoms with E-state index >= 15 is 0 Å². The lowest BCUT2D eigenvalue weighted by Gasteiger charge is -2.32. The molecule has 9 heteroatoms. The molecule has 2 aromatic rings. The van der Waals surface area contributed by atoms with Crippen molar-refractivity contribution in [1.29, 1.82) is 0 Å². The first-order valence-corrected chi connectivity index (χ1v) is 11.4. The molecular formula is C20H26N4O3S2. The van der Waals surface area contributed by atoms with Crippen molar-refractivity contribution >= 4 is 45.8 Å². The summed E-state index contributed by atoms with van der Waals surface area (Å²) in [6.45, 7) is 7.31. The molecule has 3 rings (SSSR count). The van der Waals surface area contributed by atoms with Gasteiger partial charge in [-0.3, -0.25) is 9.59 Å². The zero-order valence-corrected chi connectivity index (χ0v) is 18.5. The van der Waals surface area contributed by atoms with Gasteiger partial charge in [0.05, 0.1) is 17.8 Å². The van der Waals surface area contributed by atoms with E-state index in [1.54, 1.807) is 0 Å². The number of aryl methyl sites for hydroxylation is 1. The van der Waals surface area contributed by atoms with E-state index in [2.05, 4.69) is 15.5 Å². The second kappa shape index (κ2) is 10.1. The molecule has 0 spiro atoms. The summed E-state index contributed by atoms with van der Waals surface area (Å²) >= 11 is 2.85. The fraction of sp³-hybridized carbons (Fsp3) is 0.500. The van der Waals surface area contributed by atoms with E-state index in [0.717, 1.165) is 10.0 Å². The van der Waals surface area contributed by atoms with Crippen LogP contribution in [-0.2, 0) is 14.3 Å². The van der Waals surface area contributed by atoms with Gasteiger partial charge in [0.2, 0.25) is 11.0 Å². The van der Waals surface area contributed by atoms with Crippen molar-refractivity contribution in [2.45, 2.75) is 43.2 Å². The highest BCUT2D eigenvalue weighted by atomic mass is 32.2. The maximum absolute atomic E-state index is 12.8. The topological polar surface area (TPSA) is 84.4 Å². The highest BCUT2D eigenvalue weighted by Gasteiger charge is 2.30. The number of ether oxygens (including phenoxy) is 1. The van der Waals surface area contributed by atoms with E-state index in [4.69, 9.17) is 4.74 Å². The second-order valence-corrected chi connectivity index (χ2v) is 9.54. The average molecular weight is 435 g/mol. The van der Waals surface area contributed by atoms with Crippen molar-refractivity contribution < 1.29 is 14.3 Å². The molecule has 1 aromatic carbocycles. The van der Waals surface area contributed by atoms with Crippen LogP contribution in [0.1, 0.15) is 32.3 Å². The summed E-state index contributed by atoms with van der Waals surface area (Å²) in [5.74, 6) is -0.175. The molecule has 0 aliphatic carbocycles. The number of hydrogen-bond donors (Lipinski definition) is 1. The minimum absolute atomic E-state index is 0.0701. The highest BCUT2D eigenvalue weighted by Crippen LogP contribution is 2.32. The van der Waals surface area contributed by atoms with Crippen LogP contribution in [0.2, 0.25) is 0 Å².